The Kier molecular flexibility index (Phi) is 5.23. The zero-order chi connectivity index (χ0) is 15.7. The second kappa shape index (κ2) is 6.98. The standard InChI is InChI=1S/C17H19NO4.ClH/c1-21-16-6-10(3-4-14(16)19)13-9-18-8-11-5-15(20)17(22-2)7-12(11)13;/h3-7,13,18-20H,8-9H2,1-2H3;1H. The fraction of sp³-hybridized carbons (Fsp3) is 0.294. The summed E-state index contributed by atoms with van der Waals surface area (Å²) >= 11 is 0. The molecule has 1 unspecified atom stereocenters. The first-order chi connectivity index (χ1) is 10.6. The largest absolute Gasteiger partial charge is 0.504 e. The predicted molar refractivity (Wildman–Crippen MR) is 90.1 cm³/mol. The zero-order valence-electron chi connectivity index (χ0n) is 13.0. The van der Waals surface area contributed by atoms with E-state index in [-0.39, 0.29) is 29.8 Å². The van der Waals surface area contributed by atoms with E-state index in [1.54, 1.807) is 19.2 Å². The smallest absolute Gasteiger partial charge is 0.160 e. The minimum atomic E-state index is 0. The molecule has 3 rings (SSSR count). The number of nitrogens with one attached hydrogen (secondary N) is 1. The third-order valence-electron chi connectivity index (χ3n) is 4.09. The number of methoxy groups -OCH3 is 2. The molecule has 6 heteroatoms. The maximum absolute atomic E-state index is 9.94. The summed E-state index contributed by atoms with van der Waals surface area (Å²) in [5, 5.41) is 23.0. The summed E-state index contributed by atoms with van der Waals surface area (Å²) in [5.41, 5.74) is 3.19. The Labute approximate surface area is 141 Å². The molecule has 0 spiro atoms. The second-order valence-electron chi connectivity index (χ2n) is 5.34. The van der Waals surface area contributed by atoms with Crippen LogP contribution in [0.5, 0.6) is 23.0 Å². The van der Waals surface area contributed by atoms with Crippen molar-refractivity contribution >= 4 is 12.4 Å². The first-order valence-electron chi connectivity index (χ1n) is 7.11. The van der Waals surface area contributed by atoms with E-state index in [1.807, 2.05) is 18.2 Å². The summed E-state index contributed by atoms with van der Waals surface area (Å²) < 4.78 is 10.4. The fourth-order valence-corrected chi connectivity index (χ4v) is 2.94. The van der Waals surface area contributed by atoms with Gasteiger partial charge in [-0.2, -0.15) is 0 Å². The van der Waals surface area contributed by atoms with Crippen LogP contribution >= 0.6 is 12.4 Å². The van der Waals surface area contributed by atoms with Crippen LogP contribution in [-0.4, -0.2) is 31.0 Å². The van der Waals surface area contributed by atoms with Crippen molar-refractivity contribution in [2.45, 2.75) is 12.5 Å². The van der Waals surface area contributed by atoms with Crippen LogP contribution in [0.3, 0.4) is 0 Å². The molecule has 0 aliphatic carbocycles. The molecule has 0 fully saturated rings. The van der Waals surface area contributed by atoms with E-state index in [1.165, 1.54) is 7.11 Å². The lowest BCUT2D eigenvalue weighted by Gasteiger charge is -2.28. The molecule has 2 aromatic carbocycles. The van der Waals surface area contributed by atoms with Gasteiger partial charge < -0.3 is 25.0 Å². The van der Waals surface area contributed by atoms with Gasteiger partial charge in [0.25, 0.3) is 0 Å². The molecule has 0 aromatic heterocycles. The van der Waals surface area contributed by atoms with E-state index < -0.39 is 0 Å². The second-order valence-corrected chi connectivity index (χ2v) is 5.34. The lowest BCUT2D eigenvalue weighted by atomic mass is 9.85. The molecule has 1 aliphatic heterocycles. The van der Waals surface area contributed by atoms with Crippen molar-refractivity contribution in [1.82, 2.24) is 5.32 Å². The molecule has 0 saturated heterocycles. The van der Waals surface area contributed by atoms with Gasteiger partial charge in [0.1, 0.15) is 0 Å². The van der Waals surface area contributed by atoms with Crippen LogP contribution in [0, 0.1) is 0 Å². The van der Waals surface area contributed by atoms with Crippen molar-refractivity contribution in [3.8, 4) is 23.0 Å². The number of hydrogen-bond donors (Lipinski definition) is 3. The van der Waals surface area contributed by atoms with Gasteiger partial charge in [0.15, 0.2) is 23.0 Å². The number of rotatable bonds is 3. The van der Waals surface area contributed by atoms with Crippen molar-refractivity contribution in [2.24, 2.45) is 0 Å². The van der Waals surface area contributed by atoms with E-state index in [4.69, 9.17) is 9.47 Å². The fourth-order valence-electron chi connectivity index (χ4n) is 2.94. The molecular formula is C17H20ClNO4. The molecule has 23 heavy (non-hydrogen) atoms. The van der Waals surface area contributed by atoms with E-state index in [0.29, 0.717) is 18.0 Å². The predicted octanol–water partition coefficient (Wildman–Crippen LogP) is 2.77. The van der Waals surface area contributed by atoms with Crippen LogP contribution in [0.25, 0.3) is 0 Å². The third-order valence-corrected chi connectivity index (χ3v) is 4.09. The molecular weight excluding hydrogens is 318 g/mol. The Hall–Kier alpha value is -2.11. The average Bonchev–Trinajstić information content (AvgIpc) is 2.54. The first kappa shape index (κ1) is 17.2. The van der Waals surface area contributed by atoms with Crippen LogP contribution in [0.1, 0.15) is 22.6 Å². The van der Waals surface area contributed by atoms with Crippen molar-refractivity contribution in [3.63, 3.8) is 0 Å². The highest BCUT2D eigenvalue weighted by Gasteiger charge is 2.24. The Morgan fingerprint density at radius 3 is 2.39 bits per heavy atom. The van der Waals surface area contributed by atoms with Crippen LogP contribution < -0.4 is 14.8 Å². The van der Waals surface area contributed by atoms with E-state index in [0.717, 1.165) is 23.2 Å². The third kappa shape index (κ3) is 3.16. The Morgan fingerprint density at radius 1 is 1.00 bits per heavy atom. The highest BCUT2D eigenvalue weighted by atomic mass is 35.5. The van der Waals surface area contributed by atoms with Crippen LogP contribution in [0.15, 0.2) is 30.3 Å². The average molecular weight is 338 g/mol. The summed E-state index contributed by atoms with van der Waals surface area (Å²) in [6, 6.07) is 9.00. The number of phenols is 2. The van der Waals surface area contributed by atoms with Crippen molar-refractivity contribution < 1.29 is 19.7 Å². The number of fused-ring (bicyclic) bond motifs is 1. The van der Waals surface area contributed by atoms with E-state index in [9.17, 15) is 10.2 Å². The minimum Gasteiger partial charge on any atom is -0.504 e. The summed E-state index contributed by atoms with van der Waals surface area (Å²) in [7, 11) is 3.08. The number of ether oxygens (including phenoxy) is 2. The quantitative estimate of drug-likeness (QED) is 0.803. The SMILES string of the molecule is COc1cc(C2CNCc3cc(O)c(OC)cc32)ccc1O.Cl. The van der Waals surface area contributed by atoms with Gasteiger partial charge in [-0.05, 0) is 41.0 Å². The minimum absolute atomic E-state index is 0. The highest BCUT2D eigenvalue weighted by molar-refractivity contribution is 5.85. The molecule has 0 radical (unpaired) electrons. The Bertz CT molecular complexity index is 705. The number of hydrogen-bond acceptors (Lipinski definition) is 5. The number of benzene rings is 2. The molecule has 0 saturated carbocycles. The molecule has 0 bridgehead atoms. The van der Waals surface area contributed by atoms with Gasteiger partial charge in [0, 0.05) is 19.0 Å². The van der Waals surface area contributed by atoms with Crippen LogP contribution in [-0.2, 0) is 6.54 Å². The van der Waals surface area contributed by atoms with Crippen molar-refractivity contribution in [3.05, 3.63) is 47.0 Å². The maximum atomic E-state index is 9.94. The lowest BCUT2D eigenvalue weighted by Crippen LogP contribution is -2.28. The van der Waals surface area contributed by atoms with E-state index >= 15 is 0 Å². The highest BCUT2D eigenvalue weighted by Crippen LogP contribution is 2.39. The number of aromatic hydroxyl groups is 2. The molecule has 1 atom stereocenters. The molecule has 5 nitrogen and oxygen atoms in total. The van der Waals surface area contributed by atoms with E-state index in [2.05, 4.69) is 5.32 Å². The number of phenolic OH excluding ortho intramolecular Hbond substituents is 2. The Balaban J connectivity index is 0.00000192. The van der Waals surface area contributed by atoms with Gasteiger partial charge >= 0.3 is 0 Å². The molecule has 0 amide bonds. The molecule has 1 heterocycles. The van der Waals surface area contributed by atoms with Crippen LogP contribution in [0.4, 0.5) is 0 Å². The van der Waals surface area contributed by atoms with Gasteiger partial charge in [-0.25, -0.2) is 0 Å². The summed E-state index contributed by atoms with van der Waals surface area (Å²) in [6.45, 7) is 1.48. The van der Waals surface area contributed by atoms with Gasteiger partial charge in [-0.1, -0.05) is 6.07 Å². The molecule has 3 N–H and O–H groups in total. The monoisotopic (exact) mass is 337 g/mol. The normalized spacial score (nSPS) is 16.2. The molecule has 124 valence electrons. The first-order valence-corrected chi connectivity index (χ1v) is 7.11. The van der Waals surface area contributed by atoms with Gasteiger partial charge in [-0.3, -0.25) is 0 Å². The Morgan fingerprint density at radius 2 is 1.70 bits per heavy atom. The summed E-state index contributed by atoms with van der Waals surface area (Å²) in [4.78, 5) is 0. The molecule has 1 aliphatic rings. The lowest BCUT2D eigenvalue weighted by molar-refractivity contribution is 0.370. The maximum Gasteiger partial charge on any atom is 0.160 e. The zero-order valence-corrected chi connectivity index (χ0v) is 13.8. The van der Waals surface area contributed by atoms with Gasteiger partial charge in [-0.15, -0.1) is 12.4 Å². The summed E-state index contributed by atoms with van der Waals surface area (Å²) in [5.74, 6) is 1.30. The van der Waals surface area contributed by atoms with Crippen molar-refractivity contribution in [2.75, 3.05) is 20.8 Å². The van der Waals surface area contributed by atoms with Gasteiger partial charge in [0.05, 0.1) is 14.2 Å². The number of halogens is 1. The topological polar surface area (TPSA) is 71.0 Å². The van der Waals surface area contributed by atoms with Gasteiger partial charge in [0.2, 0.25) is 0 Å². The van der Waals surface area contributed by atoms with Crippen LogP contribution in [0.2, 0.25) is 0 Å². The molecule has 2 aromatic rings. The summed E-state index contributed by atoms with van der Waals surface area (Å²) in [6.07, 6.45) is 0. The van der Waals surface area contributed by atoms with Crippen molar-refractivity contribution in [1.29, 1.82) is 0 Å².